The Morgan fingerprint density at radius 1 is 1.15 bits per heavy atom. The standard InChI is InChI=1S/C19H24N2O5/c1-20-12-19(11-14(20)18(23)24)4-6-21(7-5-19)17(22)13-2-3-15-16(10-13)26-9-8-25-15/h2-3,10,14H,4-9,11-12H2,1H3,(H,23,24)/t14-/m1/s1. The first-order chi connectivity index (χ1) is 12.5. The second-order valence-electron chi connectivity index (χ2n) is 7.62. The number of carbonyl (C=O) groups is 2. The van der Waals surface area contributed by atoms with Gasteiger partial charge in [-0.15, -0.1) is 0 Å². The van der Waals surface area contributed by atoms with Crippen LogP contribution in [0.15, 0.2) is 18.2 Å². The molecule has 1 aromatic carbocycles. The number of carboxylic acids is 1. The molecule has 1 N–H and O–H groups in total. The lowest BCUT2D eigenvalue weighted by atomic mass is 9.76. The fraction of sp³-hybridized carbons (Fsp3) is 0.579. The lowest BCUT2D eigenvalue weighted by molar-refractivity contribution is -0.141. The Kier molecular flexibility index (Phi) is 4.26. The summed E-state index contributed by atoms with van der Waals surface area (Å²) in [7, 11) is 1.88. The van der Waals surface area contributed by atoms with Crippen LogP contribution in [0.5, 0.6) is 11.5 Å². The number of likely N-dealkylation sites (tertiary alicyclic amines) is 2. The van der Waals surface area contributed by atoms with E-state index in [0.29, 0.717) is 49.8 Å². The highest BCUT2D eigenvalue weighted by molar-refractivity contribution is 5.95. The average molecular weight is 360 g/mol. The fourth-order valence-electron chi connectivity index (χ4n) is 4.45. The number of carbonyl (C=O) groups excluding carboxylic acids is 1. The zero-order valence-electron chi connectivity index (χ0n) is 14.9. The Labute approximate surface area is 152 Å². The largest absolute Gasteiger partial charge is 0.486 e. The zero-order chi connectivity index (χ0) is 18.3. The number of nitrogens with zero attached hydrogens (tertiary/aromatic N) is 2. The van der Waals surface area contributed by atoms with Crippen LogP contribution in [-0.4, -0.2) is 72.7 Å². The molecule has 1 aromatic rings. The Balaban J connectivity index is 1.42. The first-order valence-corrected chi connectivity index (χ1v) is 9.09. The highest BCUT2D eigenvalue weighted by atomic mass is 16.6. The molecular formula is C19H24N2O5. The summed E-state index contributed by atoms with van der Waals surface area (Å²) in [6, 6.07) is 4.92. The topological polar surface area (TPSA) is 79.3 Å². The molecule has 26 heavy (non-hydrogen) atoms. The third-order valence-corrected chi connectivity index (χ3v) is 5.93. The molecule has 0 radical (unpaired) electrons. The lowest BCUT2D eigenvalue weighted by Gasteiger charge is -2.39. The summed E-state index contributed by atoms with van der Waals surface area (Å²) in [5.41, 5.74) is 0.624. The smallest absolute Gasteiger partial charge is 0.320 e. The van der Waals surface area contributed by atoms with Gasteiger partial charge in [0.15, 0.2) is 11.5 Å². The van der Waals surface area contributed by atoms with Gasteiger partial charge in [-0.25, -0.2) is 0 Å². The number of benzene rings is 1. The molecule has 1 amide bonds. The van der Waals surface area contributed by atoms with Crippen LogP contribution in [0.3, 0.4) is 0 Å². The van der Waals surface area contributed by atoms with E-state index in [1.165, 1.54) is 0 Å². The van der Waals surface area contributed by atoms with Crippen molar-refractivity contribution in [2.24, 2.45) is 5.41 Å². The van der Waals surface area contributed by atoms with Crippen molar-refractivity contribution in [1.82, 2.24) is 9.80 Å². The number of aliphatic carboxylic acids is 1. The Morgan fingerprint density at radius 2 is 1.85 bits per heavy atom. The van der Waals surface area contributed by atoms with Crippen LogP contribution in [0.4, 0.5) is 0 Å². The Hall–Kier alpha value is -2.28. The van der Waals surface area contributed by atoms with E-state index in [4.69, 9.17) is 9.47 Å². The fourth-order valence-corrected chi connectivity index (χ4v) is 4.45. The molecule has 0 aliphatic carbocycles. The molecule has 7 nitrogen and oxygen atoms in total. The van der Waals surface area contributed by atoms with Crippen LogP contribution in [0.2, 0.25) is 0 Å². The van der Waals surface area contributed by atoms with E-state index in [2.05, 4.69) is 0 Å². The highest BCUT2D eigenvalue weighted by Crippen LogP contribution is 2.43. The third-order valence-electron chi connectivity index (χ3n) is 5.93. The number of ether oxygens (including phenoxy) is 2. The molecule has 140 valence electrons. The Bertz CT molecular complexity index is 727. The van der Waals surface area contributed by atoms with Crippen LogP contribution < -0.4 is 9.47 Å². The van der Waals surface area contributed by atoms with Gasteiger partial charge >= 0.3 is 5.97 Å². The van der Waals surface area contributed by atoms with Crippen molar-refractivity contribution < 1.29 is 24.2 Å². The van der Waals surface area contributed by atoms with Crippen LogP contribution in [0, 0.1) is 5.41 Å². The maximum Gasteiger partial charge on any atom is 0.320 e. The number of amides is 1. The summed E-state index contributed by atoms with van der Waals surface area (Å²) in [6.07, 6.45) is 2.36. The van der Waals surface area contributed by atoms with Gasteiger partial charge < -0.3 is 19.5 Å². The minimum Gasteiger partial charge on any atom is -0.486 e. The predicted octanol–water partition coefficient (Wildman–Crippen LogP) is 1.47. The molecule has 1 spiro atoms. The van der Waals surface area contributed by atoms with E-state index in [9.17, 15) is 14.7 Å². The molecule has 0 saturated carbocycles. The summed E-state index contributed by atoms with van der Waals surface area (Å²) >= 11 is 0. The van der Waals surface area contributed by atoms with E-state index in [-0.39, 0.29) is 11.3 Å². The zero-order valence-corrected chi connectivity index (χ0v) is 14.9. The lowest BCUT2D eigenvalue weighted by Crippen LogP contribution is -2.44. The summed E-state index contributed by atoms with van der Waals surface area (Å²) in [5, 5.41) is 9.36. The van der Waals surface area contributed by atoms with Gasteiger partial charge in [-0.05, 0) is 49.9 Å². The van der Waals surface area contributed by atoms with E-state index in [1.54, 1.807) is 18.2 Å². The van der Waals surface area contributed by atoms with Gasteiger partial charge in [0.2, 0.25) is 0 Å². The number of rotatable bonds is 2. The normalized spacial score (nSPS) is 24.7. The van der Waals surface area contributed by atoms with Crippen molar-refractivity contribution in [3.8, 4) is 11.5 Å². The summed E-state index contributed by atoms with van der Waals surface area (Å²) in [5.74, 6) is 0.550. The highest BCUT2D eigenvalue weighted by Gasteiger charge is 2.47. The van der Waals surface area contributed by atoms with Gasteiger partial charge in [0.05, 0.1) is 0 Å². The van der Waals surface area contributed by atoms with Crippen LogP contribution >= 0.6 is 0 Å². The minimum atomic E-state index is -0.751. The molecule has 0 aromatic heterocycles. The van der Waals surface area contributed by atoms with Crippen LogP contribution in [-0.2, 0) is 4.79 Å². The van der Waals surface area contributed by atoms with Gasteiger partial charge in [0.25, 0.3) is 5.91 Å². The molecule has 3 heterocycles. The molecule has 1 atom stereocenters. The average Bonchev–Trinajstić information content (AvgIpc) is 2.97. The summed E-state index contributed by atoms with van der Waals surface area (Å²) in [4.78, 5) is 28.0. The van der Waals surface area contributed by atoms with Gasteiger partial charge in [-0.2, -0.15) is 0 Å². The van der Waals surface area contributed by atoms with Gasteiger partial charge in [0, 0.05) is 25.2 Å². The second kappa shape index (κ2) is 6.46. The maximum atomic E-state index is 12.9. The van der Waals surface area contributed by atoms with E-state index >= 15 is 0 Å². The van der Waals surface area contributed by atoms with Crippen molar-refractivity contribution in [1.29, 1.82) is 0 Å². The van der Waals surface area contributed by atoms with Crippen molar-refractivity contribution in [2.75, 3.05) is 39.9 Å². The molecule has 2 fully saturated rings. The van der Waals surface area contributed by atoms with Crippen molar-refractivity contribution in [3.05, 3.63) is 23.8 Å². The molecule has 4 rings (SSSR count). The van der Waals surface area contributed by atoms with E-state index in [0.717, 1.165) is 19.4 Å². The number of piperidine rings is 1. The minimum absolute atomic E-state index is 0.00189. The van der Waals surface area contributed by atoms with Crippen LogP contribution in [0.25, 0.3) is 0 Å². The number of carboxylic acid groups (broad SMARTS) is 1. The van der Waals surface area contributed by atoms with Gasteiger partial charge in [-0.3, -0.25) is 14.5 Å². The molecule has 0 unspecified atom stereocenters. The van der Waals surface area contributed by atoms with E-state index < -0.39 is 12.0 Å². The molecular weight excluding hydrogens is 336 g/mol. The first-order valence-electron chi connectivity index (χ1n) is 9.09. The first kappa shape index (κ1) is 17.1. The molecule has 3 aliphatic heterocycles. The Morgan fingerprint density at radius 3 is 2.50 bits per heavy atom. The van der Waals surface area contributed by atoms with Gasteiger partial charge in [-0.1, -0.05) is 0 Å². The number of hydrogen-bond donors (Lipinski definition) is 1. The molecule has 2 saturated heterocycles. The monoisotopic (exact) mass is 360 g/mol. The van der Waals surface area contributed by atoms with Crippen molar-refractivity contribution in [2.45, 2.75) is 25.3 Å². The maximum absolute atomic E-state index is 12.9. The SMILES string of the molecule is CN1CC2(CCN(C(=O)c3ccc4c(c3)OCCO4)CC2)C[C@@H]1C(=O)O. The quantitative estimate of drug-likeness (QED) is 0.860. The van der Waals surface area contributed by atoms with E-state index in [1.807, 2.05) is 16.8 Å². The number of fused-ring (bicyclic) bond motifs is 1. The molecule has 3 aliphatic rings. The number of hydrogen-bond acceptors (Lipinski definition) is 5. The van der Waals surface area contributed by atoms with Gasteiger partial charge in [0.1, 0.15) is 19.3 Å². The predicted molar refractivity (Wildman–Crippen MR) is 93.7 cm³/mol. The molecule has 0 bridgehead atoms. The van der Waals surface area contributed by atoms with Crippen molar-refractivity contribution in [3.63, 3.8) is 0 Å². The van der Waals surface area contributed by atoms with Crippen molar-refractivity contribution >= 4 is 11.9 Å². The summed E-state index contributed by atoms with van der Waals surface area (Å²) < 4.78 is 11.1. The second-order valence-corrected chi connectivity index (χ2v) is 7.62. The summed E-state index contributed by atoms with van der Waals surface area (Å²) in [6.45, 7) is 3.13. The molecule has 7 heteroatoms. The van der Waals surface area contributed by atoms with Crippen LogP contribution in [0.1, 0.15) is 29.6 Å². The number of likely N-dealkylation sites (N-methyl/N-ethyl adjacent to an activating group) is 1. The third kappa shape index (κ3) is 3.00.